The lowest BCUT2D eigenvalue weighted by molar-refractivity contribution is 0.628. The largest absolute Gasteiger partial charge is 0.233 e. The van der Waals surface area contributed by atoms with Crippen LogP contribution in [0.15, 0.2) is 22.8 Å². The Hall–Kier alpha value is -1.00. The molecule has 0 saturated heterocycles. The lowest BCUT2D eigenvalue weighted by atomic mass is 10.1. The molecule has 0 atom stereocenters. The number of hydrogen-bond acceptors (Lipinski definition) is 2. The van der Waals surface area contributed by atoms with Crippen molar-refractivity contribution in [3.63, 3.8) is 0 Å². The highest BCUT2D eigenvalue weighted by molar-refractivity contribution is 9.10. The monoisotopic (exact) mass is 328 g/mol. The maximum absolute atomic E-state index is 13.0. The lowest BCUT2D eigenvalue weighted by Crippen LogP contribution is -2.00. The summed E-state index contributed by atoms with van der Waals surface area (Å²) in [6.07, 6.45) is 0.851. The van der Waals surface area contributed by atoms with Gasteiger partial charge in [-0.15, -0.1) is 0 Å². The fraction of sp³-hybridized carbons (Fsp3) is 0.231. The molecule has 94 valence electrons. The summed E-state index contributed by atoms with van der Waals surface area (Å²) < 4.78 is 13.8. The fourth-order valence-electron chi connectivity index (χ4n) is 1.75. The van der Waals surface area contributed by atoms with E-state index in [-0.39, 0.29) is 5.82 Å². The molecule has 0 aliphatic rings. The van der Waals surface area contributed by atoms with Gasteiger partial charge in [0, 0.05) is 16.8 Å². The highest BCUT2D eigenvalue weighted by Gasteiger charge is 2.12. The number of halogens is 3. The summed E-state index contributed by atoms with van der Waals surface area (Å²) in [5, 5.41) is 0.311. The fourth-order valence-corrected chi connectivity index (χ4v) is 2.74. The molecular formula is C13H11BrClFN2. The molecular weight excluding hydrogens is 319 g/mol. The van der Waals surface area contributed by atoms with E-state index in [0.717, 1.165) is 22.3 Å². The zero-order chi connectivity index (χ0) is 13.3. The van der Waals surface area contributed by atoms with Crippen molar-refractivity contribution < 1.29 is 4.39 Å². The van der Waals surface area contributed by atoms with Crippen molar-refractivity contribution in [2.24, 2.45) is 0 Å². The molecule has 0 aliphatic carbocycles. The topological polar surface area (TPSA) is 25.8 Å². The molecule has 1 aromatic carbocycles. The molecule has 0 radical (unpaired) electrons. The Balaban J connectivity index is 2.58. The zero-order valence-corrected chi connectivity index (χ0v) is 12.3. The van der Waals surface area contributed by atoms with Crippen LogP contribution in [0.3, 0.4) is 0 Å². The lowest BCUT2D eigenvalue weighted by Gasteiger charge is -2.09. The first-order chi connectivity index (χ1) is 8.52. The number of rotatable bonds is 2. The average Bonchev–Trinajstić information content (AvgIpc) is 2.28. The van der Waals surface area contributed by atoms with E-state index in [0.29, 0.717) is 16.4 Å². The Morgan fingerprint density at radius 1 is 1.33 bits per heavy atom. The predicted molar refractivity (Wildman–Crippen MR) is 74.3 cm³/mol. The molecule has 0 spiro atoms. The summed E-state index contributed by atoms with van der Waals surface area (Å²) in [6.45, 7) is 3.97. The molecule has 2 aromatic rings. The molecule has 18 heavy (non-hydrogen) atoms. The van der Waals surface area contributed by atoms with Crippen LogP contribution in [-0.4, -0.2) is 9.97 Å². The zero-order valence-electron chi connectivity index (χ0n) is 9.97. The minimum Gasteiger partial charge on any atom is -0.233 e. The molecule has 5 heteroatoms. The van der Waals surface area contributed by atoms with Gasteiger partial charge in [0.15, 0.2) is 5.82 Å². The van der Waals surface area contributed by atoms with Gasteiger partial charge in [0.25, 0.3) is 0 Å². The second kappa shape index (κ2) is 5.33. The first kappa shape index (κ1) is 13.4. The van der Waals surface area contributed by atoms with Gasteiger partial charge in [-0.25, -0.2) is 14.4 Å². The number of hydrogen-bond donors (Lipinski definition) is 0. The van der Waals surface area contributed by atoms with Crippen LogP contribution in [0.5, 0.6) is 0 Å². The number of aryl methyl sites for hydroxylation is 1. The molecule has 0 amide bonds. The second-order valence-electron chi connectivity index (χ2n) is 3.88. The van der Waals surface area contributed by atoms with Crippen LogP contribution < -0.4 is 0 Å². The van der Waals surface area contributed by atoms with Crippen LogP contribution in [0, 0.1) is 12.7 Å². The quantitative estimate of drug-likeness (QED) is 0.754. The maximum Gasteiger partial charge on any atom is 0.162 e. The molecule has 2 nitrogen and oxygen atoms in total. The highest BCUT2D eigenvalue weighted by Crippen LogP contribution is 2.28. The first-order valence-corrected chi connectivity index (χ1v) is 6.68. The summed E-state index contributed by atoms with van der Waals surface area (Å²) in [5.74, 6) is 0.131. The van der Waals surface area contributed by atoms with E-state index in [1.807, 2.05) is 13.8 Å². The van der Waals surface area contributed by atoms with Gasteiger partial charge in [0.1, 0.15) is 10.4 Å². The van der Waals surface area contributed by atoms with Gasteiger partial charge in [-0.1, -0.05) is 18.5 Å². The van der Waals surface area contributed by atoms with Crippen molar-refractivity contribution in [1.29, 1.82) is 0 Å². The summed E-state index contributed by atoms with van der Waals surface area (Å²) in [4.78, 5) is 8.78. The van der Waals surface area contributed by atoms with E-state index in [1.165, 1.54) is 12.1 Å². The Morgan fingerprint density at radius 2 is 2.06 bits per heavy atom. The van der Waals surface area contributed by atoms with Gasteiger partial charge in [0.05, 0.1) is 5.02 Å². The van der Waals surface area contributed by atoms with Crippen molar-refractivity contribution in [2.75, 3.05) is 0 Å². The second-order valence-corrected chi connectivity index (χ2v) is 5.04. The van der Waals surface area contributed by atoms with Gasteiger partial charge in [-0.05, 0) is 47.5 Å². The van der Waals surface area contributed by atoms with Crippen molar-refractivity contribution >= 4 is 27.5 Å². The van der Waals surface area contributed by atoms with Gasteiger partial charge >= 0.3 is 0 Å². The van der Waals surface area contributed by atoms with Crippen molar-refractivity contribution in [1.82, 2.24) is 9.97 Å². The number of nitrogens with zero attached hydrogens (tertiary/aromatic N) is 2. The van der Waals surface area contributed by atoms with Crippen LogP contribution in [0.2, 0.25) is 5.02 Å². The van der Waals surface area contributed by atoms with E-state index in [1.54, 1.807) is 6.07 Å². The molecule has 1 heterocycles. The van der Waals surface area contributed by atoms with E-state index in [9.17, 15) is 4.39 Å². The normalized spacial score (nSPS) is 10.7. The summed E-state index contributed by atoms with van der Waals surface area (Å²) in [6, 6.07) is 4.20. The Kier molecular flexibility index (Phi) is 3.97. The molecule has 2 rings (SSSR count). The van der Waals surface area contributed by atoms with Gasteiger partial charge in [0.2, 0.25) is 0 Å². The molecule has 0 aliphatic heterocycles. The third-order valence-corrected chi connectivity index (χ3v) is 3.66. The summed E-state index contributed by atoms with van der Waals surface area (Å²) in [5.41, 5.74) is 2.59. The molecule has 0 saturated carbocycles. The van der Waals surface area contributed by atoms with E-state index in [2.05, 4.69) is 25.9 Å². The van der Waals surface area contributed by atoms with Gasteiger partial charge in [-0.2, -0.15) is 0 Å². The smallest absolute Gasteiger partial charge is 0.162 e. The molecule has 0 fully saturated rings. The SMILES string of the molecule is CCc1c(C)nc(-c2ccc(F)cc2Cl)nc1Br. The van der Waals surface area contributed by atoms with Crippen LogP contribution in [0.4, 0.5) is 4.39 Å². The molecule has 0 N–H and O–H groups in total. The van der Waals surface area contributed by atoms with E-state index < -0.39 is 0 Å². The average molecular weight is 330 g/mol. The standard InChI is InChI=1S/C13H11BrClFN2/c1-3-9-7(2)17-13(18-12(9)14)10-5-4-8(16)6-11(10)15/h4-6H,3H2,1-2H3. The third kappa shape index (κ3) is 2.54. The van der Waals surface area contributed by atoms with E-state index >= 15 is 0 Å². The molecule has 0 bridgehead atoms. The minimum atomic E-state index is -0.371. The number of benzene rings is 1. The Morgan fingerprint density at radius 3 is 2.61 bits per heavy atom. The number of aromatic nitrogens is 2. The van der Waals surface area contributed by atoms with Crippen LogP contribution in [0.1, 0.15) is 18.2 Å². The predicted octanol–water partition coefficient (Wildman–Crippen LogP) is 4.57. The third-order valence-electron chi connectivity index (χ3n) is 2.69. The Labute approximate surface area is 118 Å². The molecule has 0 unspecified atom stereocenters. The van der Waals surface area contributed by atoms with Crippen molar-refractivity contribution in [3.05, 3.63) is 44.9 Å². The van der Waals surface area contributed by atoms with Crippen LogP contribution in [-0.2, 0) is 6.42 Å². The van der Waals surface area contributed by atoms with Crippen molar-refractivity contribution in [3.8, 4) is 11.4 Å². The van der Waals surface area contributed by atoms with Crippen LogP contribution >= 0.6 is 27.5 Å². The van der Waals surface area contributed by atoms with Crippen molar-refractivity contribution in [2.45, 2.75) is 20.3 Å². The first-order valence-electron chi connectivity index (χ1n) is 5.51. The maximum atomic E-state index is 13.0. The van der Waals surface area contributed by atoms with E-state index in [4.69, 9.17) is 11.6 Å². The Bertz CT molecular complexity index is 579. The van der Waals surface area contributed by atoms with Crippen LogP contribution in [0.25, 0.3) is 11.4 Å². The summed E-state index contributed by atoms with van der Waals surface area (Å²) in [7, 11) is 0. The van der Waals surface area contributed by atoms with Gasteiger partial charge in [-0.3, -0.25) is 0 Å². The highest BCUT2D eigenvalue weighted by atomic mass is 79.9. The molecule has 1 aromatic heterocycles. The minimum absolute atomic E-state index is 0.311. The van der Waals surface area contributed by atoms with Gasteiger partial charge < -0.3 is 0 Å². The summed E-state index contributed by atoms with van der Waals surface area (Å²) >= 11 is 9.43.